The summed E-state index contributed by atoms with van der Waals surface area (Å²) in [4.78, 5) is 4.83. The van der Waals surface area contributed by atoms with Crippen LogP contribution in [0.3, 0.4) is 0 Å². The molecule has 3 heteroatoms. The van der Waals surface area contributed by atoms with Crippen molar-refractivity contribution in [1.82, 2.24) is 5.32 Å². The molecule has 2 aliphatic rings. The van der Waals surface area contributed by atoms with Gasteiger partial charge in [-0.05, 0) is 43.4 Å². The van der Waals surface area contributed by atoms with Gasteiger partial charge in [-0.25, -0.2) is 0 Å². The van der Waals surface area contributed by atoms with E-state index in [9.17, 15) is 0 Å². The molecule has 0 aromatic carbocycles. The molecule has 2 nitrogen and oxygen atoms in total. The van der Waals surface area contributed by atoms with E-state index in [2.05, 4.69) is 33.0 Å². The fourth-order valence-electron chi connectivity index (χ4n) is 3.01. The molecule has 0 amide bonds. The van der Waals surface area contributed by atoms with E-state index in [4.69, 9.17) is 4.99 Å². The summed E-state index contributed by atoms with van der Waals surface area (Å²) in [6, 6.07) is 1.22. The molecule has 1 heterocycles. The third-order valence-electron chi connectivity index (χ3n) is 4.38. The average Bonchev–Trinajstić information content (AvgIpc) is 2.70. The van der Waals surface area contributed by atoms with Gasteiger partial charge < -0.3 is 5.32 Å². The van der Waals surface area contributed by atoms with E-state index in [1.165, 1.54) is 36.6 Å². The van der Waals surface area contributed by atoms with Gasteiger partial charge in [0.1, 0.15) is 0 Å². The molecule has 18 heavy (non-hydrogen) atoms. The second-order valence-electron chi connectivity index (χ2n) is 6.64. The van der Waals surface area contributed by atoms with E-state index in [0.29, 0.717) is 12.1 Å². The van der Waals surface area contributed by atoms with Crippen LogP contribution in [0.1, 0.15) is 53.4 Å². The van der Waals surface area contributed by atoms with Crippen molar-refractivity contribution in [3.05, 3.63) is 0 Å². The zero-order chi connectivity index (χ0) is 13.1. The molecule has 0 aromatic rings. The smallest absolute Gasteiger partial charge is 0.157 e. The van der Waals surface area contributed by atoms with Gasteiger partial charge in [0, 0.05) is 11.8 Å². The van der Waals surface area contributed by atoms with Crippen LogP contribution in [0.15, 0.2) is 4.99 Å². The van der Waals surface area contributed by atoms with Crippen molar-refractivity contribution < 1.29 is 0 Å². The largest absolute Gasteiger partial charge is 0.362 e. The zero-order valence-electron chi connectivity index (χ0n) is 12.3. The van der Waals surface area contributed by atoms with Gasteiger partial charge in [-0.15, -0.1) is 0 Å². The highest BCUT2D eigenvalue weighted by atomic mass is 32.2. The molecule has 0 aromatic heterocycles. The topological polar surface area (TPSA) is 24.4 Å². The van der Waals surface area contributed by atoms with E-state index in [1.807, 2.05) is 11.8 Å². The first-order valence-corrected chi connectivity index (χ1v) is 8.50. The number of thioether (sulfide) groups is 1. The van der Waals surface area contributed by atoms with E-state index >= 15 is 0 Å². The Kier molecular flexibility index (Phi) is 4.99. The Bertz CT molecular complexity index is 301. The van der Waals surface area contributed by atoms with Gasteiger partial charge in [0.2, 0.25) is 0 Å². The second-order valence-corrected chi connectivity index (χ2v) is 7.65. The number of rotatable bonds is 3. The van der Waals surface area contributed by atoms with Crippen molar-refractivity contribution in [1.29, 1.82) is 0 Å². The van der Waals surface area contributed by atoms with Crippen molar-refractivity contribution in [2.24, 2.45) is 22.7 Å². The van der Waals surface area contributed by atoms with Crippen LogP contribution in [0.5, 0.6) is 0 Å². The second kappa shape index (κ2) is 6.31. The van der Waals surface area contributed by atoms with Gasteiger partial charge in [-0.3, -0.25) is 4.99 Å². The lowest BCUT2D eigenvalue weighted by Crippen LogP contribution is -2.38. The third kappa shape index (κ3) is 3.91. The molecule has 1 saturated carbocycles. The van der Waals surface area contributed by atoms with E-state index in [-0.39, 0.29) is 0 Å². The average molecular weight is 268 g/mol. The minimum atomic E-state index is 0.553. The van der Waals surface area contributed by atoms with Crippen LogP contribution in [0.2, 0.25) is 0 Å². The molecule has 0 spiro atoms. The summed E-state index contributed by atoms with van der Waals surface area (Å²) in [6.45, 7) is 9.36. The van der Waals surface area contributed by atoms with Crippen LogP contribution in [0, 0.1) is 17.8 Å². The first-order valence-electron chi connectivity index (χ1n) is 7.51. The minimum Gasteiger partial charge on any atom is -0.362 e. The summed E-state index contributed by atoms with van der Waals surface area (Å²) in [5, 5.41) is 4.90. The molecule has 1 aliphatic heterocycles. The Hall–Kier alpha value is -0.180. The highest BCUT2D eigenvalue weighted by Crippen LogP contribution is 2.30. The van der Waals surface area contributed by atoms with Crippen molar-refractivity contribution in [2.45, 2.75) is 65.5 Å². The standard InChI is InChI=1S/C15H28N2S/c1-10(2)7-14-9-18-15(17-14)16-13-6-5-11(3)12(4)8-13/h10-14H,5-9H2,1-4H3,(H,16,17). The fraction of sp³-hybridized carbons (Fsp3) is 0.933. The molecule has 1 N–H and O–H groups in total. The Morgan fingerprint density at radius 2 is 2.06 bits per heavy atom. The maximum Gasteiger partial charge on any atom is 0.157 e. The molecule has 104 valence electrons. The van der Waals surface area contributed by atoms with Crippen molar-refractivity contribution >= 4 is 16.9 Å². The predicted octanol–water partition coefficient (Wildman–Crippen LogP) is 3.92. The van der Waals surface area contributed by atoms with Crippen LogP contribution >= 0.6 is 11.8 Å². The summed E-state index contributed by atoms with van der Waals surface area (Å²) in [6.07, 6.45) is 5.23. The number of nitrogens with one attached hydrogen (secondary N) is 1. The van der Waals surface area contributed by atoms with E-state index in [0.717, 1.165) is 17.8 Å². The highest BCUT2D eigenvalue weighted by molar-refractivity contribution is 8.14. The predicted molar refractivity (Wildman–Crippen MR) is 82.2 cm³/mol. The van der Waals surface area contributed by atoms with Crippen LogP contribution in [0.4, 0.5) is 0 Å². The quantitative estimate of drug-likeness (QED) is 0.839. The third-order valence-corrected chi connectivity index (χ3v) is 5.43. The maximum atomic E-state index is 4.83. The lowest BCUT2D eigenvalue weighted by Gasteiger charge is -2.32. The first kappa shape index (κ1) is 14.2. The minimum absolute atomic E-state index is 0.553. The summed E-state index contributed by atoms with van der Waals surface area (Å²) in [5.74, 6) is 3.69. The van der Waals surface area contributed by atoms with Gasteiger partial charge in [-0.1, -0.05) is 39.5 Å². The van der Waals surface area contributed by atoms with E-state index in [1.54, 1.807) is 0 Å². The number of amidine groups is 1. The van der Waals surface area contributed by atoms with Crippen LogP contribution in [-0.4, -0.2) is 23.0 Å². The Morgan fingerprint density at radius 3 is 2.72 bits per heavy atom. The molecule has 0 bridgehead atoms. The molecular weight excluding hydrogens is 240 g/mol. The normalized spacial score (nSPS) is 36.8. The van der Waals surface area contributed by atoms with Gasteiger partial charge in [0.15, 0.2) is 5.17 Å². The van der Waals surface area contributed by atoms with Gasteiger partial charge in [0.25, 0.3) is 0 Å². The molecular formula is C15H28N2S. The molecule has 4 unspecified atom stereocenters. The Balaban J connectivity index is 1.80. The summed E-state index contributed by atoms with van der Waals surface area (Å²) < 4.78 is 0. The molecule has 1 aliphatic carbocycles. The molecule has 0 radical (unpaired) electrons. The fourth-order valence-corrected chi connectivity index (χ4v) is 4.05. The van der Waals surface area contributed by atoms with Crippen LogP contribution in [0.25, 0.3) is 0 Å². The van der Waals surface area contributed by atoms with E-state index < -0.39 is 0 Å². The lowest BCUT2D eigenvalue weighted by atomic mass is 9.79. The lowest BCUT2D eigenvalue weighted by molar-refractivity contribution is 0.241. The number of hydrogen-bond donors (Lipinski definition) is 1. The van der Waals surface area contributed by atoms with Crippen LogP contribution < -0.4 is 5.32 Å². The summed E-state index contributed by atoms with van der Waals surface area (Å²) >= 11 is 1.93. The Morgan fingerprint density at radius 1 is 1.28 bits per heavy atom. The zero-order valence-corrected chi connectivity index (χ0v) is 13.1. The molecule has 1 fully saturated rings. The number of hydrogen-bond acceptors (Lipinski definition) is 3. The number of aliphatic imine (C=N–C) groups is 1. The summed E-state index contributed by atoms with van der Waals surface area (Å²) in [5.41, 5.74) is 0. The first-order chi connectivity index (χ1) is 8.54. The Labute approximate surface area is 116 Å². The van der Waals surface area contributed by atoms with Crippen LogP contribution in [-0.2, 0) is 0 Å². The van der Waals surface area contributed by atoms with Crippen molar-refractivity contribution in [3.8, 4) is 0 Å². The SMILES string of the molecule is CC(C)CC1CSC(NC2CCC(C)C(C)C2)=N1. The van der Waals surface area contributed by atoms with Gasteiger partial charge >= 0.3 is 0 Å². The summed E-state index contributed by atoms with van der Waals surface area (Å²) in [7, 11) is 0. The van der Waals surface area contributed by atoms with Gasteiger partial charge in [-0.2, -0.15) is 0 Å². The maximum absolute atomic E-state index is 4.83. The monoisotopic (exact) mass is 268 g/mol. The number of nitrogens with zero attached hydrogens (tertiary/aromatic N) is 1. The highest BCUT2D eigenvalue weighted by Gasteiger charge is 2.27. The molecule has 4 atom stereocenters. The molecule has 2 rings (SSSR count). The van der Waals surface area contributed by atoms with Gasteiger partial charge in [0.05, 0.1) is 6.04 Å². The van der Waals surface area contributed by atoms with Crippen molar-refractivity contribution in [3.63, 3.8) is 0 Å². The molecule has 0 saturated heterocycles. The van der Waals surface area contributed by atoms with Crippen molar-refractivity contribution in [2.75, 3.05) is 5.75 Å².